The van der Waals surface area contributed by atoms with Crippen LogP contribution in [0, 0.1) is 11.3 Å². The molecule has 1 atom stereocenters. The minimum Gasteiger partial charge on any atom is -0.308 e. The molecule has 1 aliphatic rings. The van der Waals surface area contributed by atoms with E-state index >= 15 is 0 Å². The first kappa shape index (κ1) is 9.50. The standard InChI is InChI=1S/C9H17N3/c1-11(2)6-7-12-5-3-4-9(12)8-10/h9H,3-7H2,1-2H3. The van der Waals surface area contributed by atoms with Crippen molar-refractivity contribution in [3.63, 3.8) is 0 Å². The van der Waals surface area contributed by atoms with Crippen molar-refractivity contribution in [2.24, 2.45) is 0 Å². The van der Waals surface area contributed by atoms with Gasteiger partial charge in [-0.3, -0.25) is 4.90 Å². The van der Waals surface area contributed by atoms with Gasteiger partial charge in [-0.05, 0) is 33.5 Å². The minimum absolute atomic E-state index is 0.185. The van der Waals surface area contributed by atoms with Crippen molar-refractivity contribution >= 4 is 0 Å². The normalized spacial score (nSPS) is 24.7. The zero-order valence-corrected chi connectivity index (χ0v) is 7.95. The second-order valence-electron chi connectivity index (χ2n) is 3.63. The summed E-state index contributed by atoms with van der Waals surface area (Å²) in [6.07, 6.45) is 2.25. The lowest BCUT2D eigenvalue weighted by Gasteiger charge is -2.20. The van der Waals surface area contributed by atoms with Gasteiger partial charge in [-0.2, -0.15) is 5.26 Å². The van der Waals surface area contributed by atoms with Gasteiger partial charge in [0.2, 0.25) is 0 Å². The molecule has 0 aromatic carbocycles. The molecule has 0 aromatic rings. The first-order valence-electron chi connectivity index (χ1n) is 4.52. The van der Waals surface area contributed by atoms with E-state index in [0.29, 0.717) is 0 Å². The Bertz CT molecular complexity index is 171. The first-order chi connectivity index (χ1) is 5.74. The van der Waals surface area contributed by atoms with Crippen molar-refractivity contribution in [1.82, 2.24) is 9.80 Å². The summed E-state index contributed by atoms with van der Waals surface area (Å²) in [6, 6.07) is 2.53. The van der Waals surface area contributed by atoms with Crippen LogP contribution < -0.4 is 0 Å². The number of hydrogen-bond acceptors (Lipinski definition) is 3. The third kappa shape index (κ3) is 2.47. The highest BCUT2D eigenvalue weighted by Gasteiger charge is 2.23. The zero-order chi connectivity index (χ0) is 8.97. The molecule has 0 saturated carbocycles. The molecule has 0 spiro atoms. The molecule has 3 heteroatoms. The zero-order valence-electron chi connectivity index (χ0n) is 7.95. The van der Waals surface area contributed by atoms with Crippen molar-refractivity contribution in [1.29, 1.82) is 5.26 Å². The van der Waals surface area contributed by atoms with Crippen molar-refractivity contribution in [3.8, 4) is 6.07 Å². The van der Waals surface area contributed by atoms with Crippen LogP contribution in [0.1, 0.15) is 12.8 Å². The maximum absolute atomic E-state index is 8.80. The molecular weight excluding hydrogens is 150 g/mol. The molecule has 1 fully saturated rings. The van der Waals surface area contributed by atoms with E-state index < -0.39 is 0 Å². The molecule has 0 N–H and O–H groups in total. The van der Waals surface area contributed by atoms with Crippen LogP contribution in [0.5, 0.6) is 0 Å². The van der Waals surface area contributed by atoms with Gasteiger partial charge in [0.1, 0.15) is 0 Å². The number of nitrogens with zero attached hydrogens (tertiary/aromatic N) is 3. The van der Waals surface area contributed by atoms with Crippen molar-refractivity contribution in [2.45, 2.75) is 18.9 Å². The first-order valence-corrected chi connectivity index (χ1v) is 4.52. The molecular formula is C9H17N3. The molecule has 0 aliphatic carbocycles. The molecule has 0 aromatic heterocycles. The van der Waals surface area contributed by atoms with Crippen molar-refractivity contribution in [3.05, 3.63) is 0 Å². The number of hydrogen-bond donors (Lipinski definition) is 0. The molecule has 12 heavy (non-hydrogen) atoms. The maximum Gasteiger partial charge on any atom is 0.0978 e. The minimum atomic E-state index is 0.185. The van der Waals surface area contributed by atoms with Crippen molar-refractivity contribution < 1.29 is 0 Å². The fraction of sp³-hybridized carbons (Fsp3) is 0.889. The summed E-state index contributed by atoms with van der Waals surface area (Å²) in [5.74, 6) is 0. The summed E-state index contributed by atoms with van der Waals surface area (Å²) in [4.78, 5) is 4.44. The third-order valence-corrected chi connectivity index (χ3v) is 2.35. The Balaban J connectivity index is 2.27. The Hall–Kier alpha value is -0.590. The largest absolute Gasteiger partial charge is 0.308 e. The van der Waals surface area contributed by atoms with Gasteiger partial charge in [0.25, 0.3) is 0 Å². The van der Waals surface area contributed by atoms with Crippen molar-refractivity contribution in [2.75, 3.05) is 33.7 Å². The topological polar surface area (TPSA) is 30.3 Å². The predicted molar refractivity (Wildman–Crippen MR) is 48.8 cm³/mol. The molecule has 0 bridgehead atoms. The van der Waals surface area contributed by atoms with Gasteiger partial charge in [-0.25, -0.2) is 0 Å². The lowest BCUT2D eigenvalue weighted by molar-refractivity contribution is 0.255. The summed E-state index contributed by atoms with van der Waals surface area (Å²) >= 11 is 0. The van der Waals surface area contributed by atoms with Crippen LogP contribution >= 0.6 is 0 Å². The van der Waals surface area contributed by atoms with E-state index in [2.05, 4.69) is 30.0 Å². The van der Waals surface area contributed by atoms with E-state index in [0.717, 1.165) is 26.1 Å². The Morgan fingerprint density at radius 1 is 1.58 bits per heavy atom. The van der Waals surface area contributed by atoms with Gasteiger partial charge in [-0.1, -0.05) is 0 Å². The third-order valence-electron chi connectivity index (χ3n) is 2.35. The lowest BCUT2D eigenvalue weighted by atomic mass is 10.2. The molecule has 68 valence electrons. The SMILES string of the molecule is CN(C)CCN1CCCC1C#N. The average Bonchev–Trinajstić information content (AvgIpc) is 2.47. The Morgan fingerprint density at radius 2 is 2.33 bits per heavy atom. The number of likely N-dealkylation sites (tertiary alicyclic amines) is 1. The summed E-state index contributed by atoms with van der Waals surface area (Å²) in [5.41, 5.74) is 0. The quantitative estimate of drug-likeness (QED) is 0.614. The van der Waals surface area contributed by atoms with Gasteiger partial charge < -0.3 is 4.90 Å². The Labute approximate surface area is 74.6 Å². The molecule has 1 unspecified atom stereocenters. The molecule has 0 radical (unpaired) electrons. The van der Waals surface area contributed by atoms with Crippen LogP contribution in [-0.2, 0) is 0 Å². The summed E-state index contributed by atoms with van der Waals surface area (Å²) in [5, 5.41) is 8.80. The maximum atomic E-state index is 8.80. The molecule has 1 saturated heterocycles. The van der Waals surface area contributed by atoms with Crippen LogP contribution in [0.4, 0.5) is 0 Å². The van der Waals surface area contributed by atoms with E-state index in [1.807, 2.05) is 0 Å². The second kappa shape index (κ2) is 4.44. The molecule has 0 amide bonds. The van der Waals surface area contributed by atoms with E-state index in [-0.39, 0.29) is 6.04 Å². The number of nitriles is 1. The summed E-state index contributed by atoms with van der Waals surface area (Å²) < 4.78 is 0. The van der Waals surface area contributed by atoms with E-state index in [9.17, 15) is 0 Å². The van der Waals surface area contributed by atoms with E-state index in [4.69, 9.17) is 5.26 Å². The monoisotopic (exact) mass is 167 g/mol. The molecule has 1 aliphatic heterocycles. The highest BCUT2D eigenvalue weighted by molar-refractivity contribution is 4.95. The molecule has 3 nitrogen and oxygen atoms in total. The second-order valence-corrected chi connectivity index (χ2v) is 3.63. The van der Waals surface area contributed by atoms with Crippen LogP contribution in [0.2, 0.25) is 0 Å². The van der Waals surface area contributed by atoms with Gasteiger partial charge in [0, 0.05) is 13.1 Å². The highest BCUT2D eigenvalue weighted by Crippen LogP contribution is 2.15. The van der Waals surface area contributed by atoms with Crippen LogP contribution in [0.15, 0.2) is 0 Å². The van der Waals surface area contributed by atoms with Crippen LogP contribution in [0.25, 0.3) is 0 Å². The van der Waals surface area contributed by atoms with Crippen LogP contribution in [0.3, 0.4) is 0 Å². The molecule has 1 heterocycles. The highest BCUT2D eigenvalue weighted by atomic mass is 15.2. The Kier molecular flexibility index (Phi) is 3.51. The fourth-order valence-corrected chi connectivity index (χ4v) is 1.57. The smallest absolute Gasteiger partial charge is 0.0978 e. The van der Waals surface area contributed by atoms with Gasteiger partial charge in [-0.15, -0.1) is 0 Å². The predicted octanol–water partition coefficient (Wildman–Crippen LogP) is 0.536. The molecule has 1 rings (SSSR count). The Morgan fingerprint density at radius 3 is 2.92 bits per heavy atom. The summed E-state index contributed by atoms with van der Waals surface area (Å²) in [7, 11) is 4.13. The number of rotatable bonds is 3. The fourth-order valence-electron chi connectivity index (χ4n) is 1.57. The van der Waals surface area contributed by atoms with Crippen LogP contribution in [-0.4, -0.2) is 49.6 Å². The number of likely N-dealkylation sites (N-methyl/N-ethyl adjacent to an activating group) is 1. The van der Waals surface area contributed by atoms with Gasteiger partial charge in [0.05, 0.1) is 12.1 Å². The van der Waals surface area contributed by atoms with Gasteiger partial charge >= 0.3 is 0 Å². The van der Waals surface area contributed by atoms with Gasteiger partial charge in [0.15, 0.2) is 0 Å². The lowest BCUT2D eigenvalue weighted by Crippen LogP contribution is -2.34. The average molecular weight is 167 g/mol. The van der Waals surface area contributed by atoms with E-state index in [1.165, 1.54) is 6.42 Å². The summed E-state index contributed by atoms with van der Waals surface area (Å²) in [6.45, 7) is 3.19. The van der Waals surface area contributed by atoms with E-state index in [1.54, 1.807) is 0 Å².